The highest BCUT2D eigenvalue weighted by Gasteiger charge is 2.30. The zero-order valence-electron chi connectivity index (χ0n) is 9.38. The van der Waals surface area contributed by atoms with Gasteiger partial charge in [0.1, 0.15) is 0 Å². The molecule has 0 radical (unpaired) electrons. The molecule has 0 aliphatic heterocycles. The lowest BCUT2D eigenvalue weighted by atomic mass is 10.1. The van der Waals surface area contributed by atoms with E-state index in [2.05, 4.69) is 10.4 Å². The Morgan fingerprint density at radius 2 is 2.19 bits per heavy atom. The predicted molar refractivity (Wildman–Crippen MR) is 55.0 cm³/mol. The van der Waals surface area contributed by atoms with Crippen LogP contribution in [0.2, 0.25) is 0 Å². The first-order valence-electron chi connectivity index (χ1n) is 5.12. The lowest BCUT2D eigenvalue weighted by Gasteiger charge is -2.17. The van der Waals surface area contributed by atoms with Crippen LogP contribution in [0.4, 0.5) is 13.2 Å². The summed E-state index contributed by atoms with van der Waals surface area (Å²) >= 11 is 0. The van der Waals surface area contributed by atoms with Crippen molar-refractivity contribution < 1.29 is 13.2 Å². The highest BCUT2D eigenvalue weighted by atomic mass is 19.4. The number of aromatic nitrogens is 2. The highest BCUT2D eigenvalue weighted by Crippen LogP contribution is 2.23. The number of hydrogen-bond acceptors (Lipinski definition) is 2. The summed E-state index contributed by atoms with van der Waals surface area (Å²) in [6.45, 7) is 0. The topological polar surface area (TPSA) is 29.9 Å². The number of aryl methyl sites for hydroxylation is 2. The van der Waals surface area contributed by atoms with E-state index >= 15 is 0 Å². The van der Waals surface area contributed by atoms with E-state index in [1.807, 2.05) is 6.20 Å². The Morgan fingerprint density at radius 3 is 2.62 bits per heavy atom. The highest BCUT2D eigenvalue weighted by molar-refractivity contribution is 5.03. The number of rotatable bonds is 5. The summed E-state index contributed by atoms with van der Waals surface area (Å²) in [6, 6.07) is -0.528. The second-order valence-corrected chi connectivity index (χ2v) is 3.87. The van der Waals surface area contributed by atoms with Crippen LogP contribution in [0.15, 0.2) is 12.4 Å². The van der Waals surface area contributed by atoms with Crippen molar-refractivity contribution in [2.45, 2.75) is 31.5 Å². The van der Waals surface area contributed by atoms with E-state index in [-0.39, 0.29) is 0 Å². The molecule has 1 rings (SSSR count). The molecular formula is C10H16F3N3. The Balaban J connectivity index is 2.40. The van der Waals surface area contributed by atoms with Gasteiger partial charge in [-0.3, -0.25) is 4.68 Å². The van der Waals surface area contributed by atoms with Gasteiger partial charge in [0.15, 0.2) is 0 Å². The van der Waals surface area contributed by atoms with Crippen molar-refractivity contribution in [1.29, 1.82) is 0 Å². The molecule has 1 atom stereocenters. The van der Waals surface area contributed by atoms with Gasteiger partial charge in [-0.2, -0.15) is 18.3 Å². The summed E-state index contributed by atoms with van der Waals surface area (Å²) in [6.07, 6.45) is -0.329. The second-order valence-electron chi connectivity index (χ2n) is 3.87. The van der Waals surface area contributed by atoms with Crippen LogP contribution in [0.1, 0.15) is 18.4 Å². The Bertz CT molecular complexity index is 319. The molecule has 16 heavy (non-hydrogen) atoms. The molecule has 6 heteroatoms. The van der Waals surface area contributed by atoms with Gasteiger partial charge in [-0.25, -0.2) is 0 Å². The molecule has 0 bridgehead atoms. The van der Waals surface area contributed by atoms with Gasteiger partial charge in [-0.15, -0.1) is 0 Å². The quantitative estimate of drug-likeness (QED) is 0.844. The molecule has 3 nitrogen and oxygen atoms in total. The number of nitrogens with zero attached hydrogens (tertiary/aromatic N) is 2. The van der Waals surface area contributed by atoms with Crippen LogP contribution >= 0.6 is 0 Å². The molecule has 0 fully saturated rings. The van der Waals surface area contributed by atoms with Crippen molar-refractivity contribution in [1.82, 2.24) is 15.1 Å². The molecule has 0 amide bonds. The average molecular weight is 235 g/mol. The molecular weight excluding hydrogens is 219 g/mol. The van der Waals surface area contributed by atoms with Gasteiger partial charge in [-0.05, 0) is 25.5 Å². The average Bonchev–Trinajstić information content (AvgIpc) is 2.57. The number of halogens is 3. The third-order valence-corrected chi connectivity index (χ3v) is 2.43. The van der Waals surface area contributed by atoms with Crippen molar-refractivity contribution in [2.24, 2.45) is 7.05 Å². The standard InChI is InChI=1S/C10H16F3N3/c1-14-9(5-10(11,12)13)4-3-8-6-15-16(2)7-8/h6-7,9,14H,3-5H2,1-2H3. The van der Waals surface area contributed by atoms with Crippen molar-refractivity contribution in [2.75, 3.05) is 7.05 Å². The summed E-state index contributed by atoms with van der Waals surface area (Å²) in [7, 11) is 3.34. The van der Waals surface area contributed by atoms with Gasteiger partial charge < -0.3 is 5.32 Å². The van der Waals surface area contributed by atoms with Crippen LogP contribution in [0.5, 0.6) is 0 Å². The lowest BCUT2D eigenvalue weighted by Crippen LogP contribution is -2.31. The smallest absolute Gasteiger partial charge is 0.317 e. The Morgan fingerprint density at radius 1 is 1.50 bits per heavy atom. The van der Waals surface area contributed by atoms with Crippen molar-refractivity contribution >= 4 is 0 Å². The van der Waals surface area contributed by atoms with E-state index in [9.17, 15) is 13.2 Å². The fourth-order valence-corrected chi connectivity index (χ4v) is 1.57. The number of hydrogen-bond donors (Lipinski definition) is 1. The minimum absolute atomic E-state index is 0.460. The van der Waals surface area contributed by atoms with Crippen LogP contribution in [0, 0.1) is 0 Å². The van der Waals surface area contributed by atoms with Crippen LogP contribution in [0.25, 0.3) is 0 Å². The molecule has 0 saturated heterocycles. The molecule has 1 N–H and O–H groups in total. The summed E-state index contributed by atoms with van der Waals surface area (Å²) in [5.41, 5.74) is 0.963. The molecule has 1 aromatic rings. The zero-order chi connectivity index (χ0) is 12.2. The van der Waals surface area contributed by atoms with E-state index in [0.29, 0.717) is 12.8 Å². The fourth-order valence-electron chi connectivity index (χ4n) is 1.57. The van der Waals surface area contributed by atoms with Gasteiger partial charge in [0.05, 0.1) is 12.6 Å². The molecule has 1 aromatic heterocycles. The molecule has 0 saturated carbocycles. The third kappa shape index (κ3) is 4.65. The van der Waals surface area contributed by atoms with Gasteiger partial charge in [0.2, 0.25) is 0 Å². The van der Waals surface area contributed by atoms with Crippen molar-refractivity contribution in [3.05, 3.63) is 18.0 Å². The SMILES string of the molecule is CNC(CCc1cnn(C)c1)CC(F)(F)F. The third-order valence-electron chi connectivity index (χ3n) is 2.43. The second kappa shape index (κ2) is 5.34. The molecule has 1 heterocycles. The molecule has 0 aliphatic carbocycles. The largest absolute Gasteiger partial charge is 0.390 e. The summed E-state index contributed by atoms with van der Waals surface area (Å²) in [5.74, 6) is 0. The monoisotopic (exact) mass is 235 g/mol. The predicted octanol–water partition coefficient (Wildman–Crippen LogP) is 1.89. The number of alkyl halides is 3. The minimum Gasteiger partial charge on any atom is -0.317 e. The van der Waals surface area contributed by atoms with E-state index in [0.717, 1.165) is 5.56 Å². The van der Waals surface area contributed by atoms with E-state index in [4.69, 9.17) is 0 Å². The summed E-state index contributed by atoms with van der Waals surface area (Å²) < 4.78 is 38.1. The molecule has 1 unspecified atom stereocenters. The first-order chi connectivity index (χ1) is 7.40. The van der Waals surface area contributed by atoms with Gasteiger partial charge in [0.25, 0.3) is 0 Å². The van der Waals surface area contributed by atoms with Gasteiger partial charge >= 0.3 is 6.18 Å². The summed E-state index contributed by atoms with van der Waals surface area (Å²) in [4.78, 5) is 0. The van der Waals surface area contributed by atoms with Crippen LogP contribution in [0.3, 0.4) is 0 Å². The maximum atomic E-state index is 12.2. The van der Waals surface area contributed by atoms with E-state index in [1.165, 1.54) is 0 Å². The Labute approximate surface area is 92.6 Å². The Kier molecular flexibility index (Phi) is 4.35. The Hall–Kier alpha value is -1.04. The van der Waals surface area contributed by atoms with Crippen molar-refractivity contribution in [3.8, 4) is 0 Å². The molecule has 0 aromatic carbocycles. The zero-order valence-corrected chi connectivity index (χ0v) is 9.38. The van der Waals surface area contributed by atoms with Crippen LogP contribution in [-0.4, -0.2) is 29.0 Å². The maximum absolute atomic E-state index is 12.2. The van der Waals surface area contributed by atoms with Gasteiger partial charge in [0, 0.05) is 19.3 Å². The first-order valence-corrected chi connectivity index (χ1v) is 5.12. The molecule has 92 valence electrons. The minimum atomic E-state index is -4.11. The fraction of sp³-hybridized carbons (Fsp3) is 0.700. The molecule has 0 spiro atoms. The van der Waals surface area contributed by atoms with Crippen LogP contribution < -0.4 is 5.32 Å². The van der Waals surface area contributed by atoms with E-state index < -0.39 is 18.6 Å². The number of nitrogens with one attached hydrogen (secondary N) is 1. The van der Waals surface area contributed by atoms with E-state index in [1.54, 1.807) is 25.0 Å². The normalized spacial score (nSPS) is 14.1. The van der Waals surface area contributed by atoms with Crippen molar-refractivity contribution in [3.63, 3.8) is 0 Å². The summed E-state index contributed by atoms with van der Waals surface area (Å²) in [5, 5.41) is 6.66. The molecule has 0 aliphatic rings. The first kappa shape index (κ1) is 13.0. The van der Waals surface area contributed by atoms with Crippen LogP contribution in [-0.2, 0) is 13.5 Å². The maximum Gasteiger partial charge on any atom is 0.390 e. The lowest BCUT2D eigenvalue weighted by molar-refractivity contribution is -0.140. The van der Waals surface area contributed by atoms with Gasteiger partial charge in [-0.1, -0.05) is 0 Å².